The Hall–Kier alpha value is -5.31. The van der Waals surface area contributed by atoms with Crippen molar-refractivity contribution < 1.29 is 23.5 Å². The SMILES string of the molecule is CC.CNc1cc(C(F)(F)c2ccc(N3CCn4ncc(NC(=O)c5ccc(O)c(C#N)c5)c4C3=O)cc2)ccn1. The van der Waals surface area contributed by atoms with Gasteiger partial charge >= 0.3 is 0 Å². The minimum absolute atomic E-state index is 0.0673. The molecule has 41 heavy (non-hydrogen) atoms. The summed E-state index contributed by atoms with van der Waals surface area (Å²) in [5.74, 6) is -4.29. The molecule has 0 spiro atoms. The monoisotopic (exact) mass is 559 g/mol. The Morgan fingerprint density at radius 1 is 1.07 bits per heavy atom. The number of aromatic nitrogens is 3. The highest BCUT2D eigenvalue weighted by Gasteiger charge is 2.35. The zero-order valence-corrected chi connectivity index (χ0v) is 22.5. The Kier molecular flexibility index (Phi) is 8.28. The van der Waals surface area contributed by atoms with Gasteiger partial charge < -0.3 is 20.6 Å². The van der Waals surface area contributed by atoms with Gasteiger partial charge in [-0.25, -0.2) is 4.98 Å². The molecule has 0 aliphatic carbocycles. The van der Waals surface area contributed by atoms with Gasteiger partial charge in [-0.1, -0.05) is 26.0 Å². The van der Waals surface area contributed by atoms with Gasteiger partial charge in [0, 0.05) is 42.2 Å². The summed E-state index contributed by atoms with van der Waals surface area (Å²) in [5.41, 5.74) is 0.268. The van der Waals surface area contributed by atoms with Gasteiger partial charge in [0.05, 0.1) is 24.0 Å². The summed E-state index contributed by atoms with van der Waals surface area (Å²) in [5, 5.41) is 28.3. The van der Waals surface area contributed by atoms with Crippen LogP contribution in [0.5, 0.6) is 5.75 Å². The van der Waals surface area contributed by atoms with Gasteiger partial charge in [0.25, 0.3) is 17.7 Å². The van der Waals surface area contributed by atoms with Crippen LogP contribution in [0.1, 0.15) is 51.4 Å². The Morgan fingerprint density at radius 2 is 1.80 bits per heavy atom. The molecule has 10 nitrogen and oxygen atoms in total. The molecule has 0 bridgehead atoms. The fourth-order valence-electron chi connectivity index (χ4n) is 4.28. The second-order valence-electron chi connectivity index (χ2n) is 8.69. The van der Waals surface area contributed by atoms with Crippen molar-refractivity contribution in [1.29, 1.82) is 5.26 Å². The molecule has 3 N–H and O–H groups in total. The number of carbonyl (C=O) groups is 2. The highest BCUT2D eigenvalue weighted by atomic mass is 19.3. The van der Waals surface area contributed by atoms with Gasteiger partial charge in [-0.15, -0.1) is 0 Å². The largest absolute Gasteiger partial charge is 0.507 e. The first-order valence-electron chi connectivity index (χ1n) is 12.8. The number of hydrogen-bond donors (Lipinski definition) is 3. The van der Waals surface area contributed by atoms with E-state index in [1.807, 2.05) is 13.8 Å². The Balaban J connectivity index is 0.00000189. The van der Waals surface area contributed by atoms with E-state index in [0.717, 1.165) is 0 Å². The van der Waals surface area contributed by atoms with Gasteiger partial charge in [0.15, 0.2) is 0 Å². The summed E-state index contributed by atoms with van der Waals surface area (Å²) < 4.78 is 31.8. The standard InChI is InChI=1S/C27H21F2N7O3.C2H6/c1-31-23-13-19(8-9-32-23)27(28,29)18-3-5-20(6-4-18)35-10-11-36-24(26(35)39)21(15-33-36)34-25(38)16-2-7-22(37)17(12-16)14-30;1-2/h2-9,12-13,15,37H,10-11H2,1H3,(H,31,32)(H,34,38);1-2H3. The molecule has 2 amide bonds. The number of nitrogens with zero attached hydrogens (tertiary/aromatic N) is 5. The first-order chi connectivity index (χ1) is 19.7. The molecule has 210 valence electrons. The number of nitrogens with one attached hydrogen (secondary N) is 2. The van der Waals surface area contributed by atoms with Crippen molar-refractivity contribution in [2.24, 2.45) is 0 Å². The molecule has 4 aromatic rings. The first-order valence-corrected chi connectivity index (χ1v) is 12.8. The maximum absolute atomic E-state index is 15.2. The van der Waals surface area contributed by atoms with Crippen molar-refractivity contribution >= 4 is 29.0 Å². The average Bonchev–Trinajstić information content (AvgIpc) is 3.42. The van der Waals surface area contributed by atoms with Crippen molar-refractivity contribution in [2.75, 3.05) is 29.1 Å². The van der Waals surface area contributed by atoms with E-state index >= 15 is 8.78 Å². The van der Waals surface area contributed by atoms with Crippen LogP contribution in [0, 0.1) is 11.3 Å². The lowest BCUT2D eigenvalue weighted by atomic mass is 10.0. The van der Waals surface area contributed by atoms with Crippen LogP contribution < -0.4 is 15.5 Å². The highest BCUT2D eigenvalue weighted by molar-refractivity contribution is 6.13. The van der Waals surface area contributed by atoms with Gasteiger partial charge in [-0.05, 0) is 42.5 Å². The van der Waals surface area contributed by atoms with E-state index in [1.54, 1.807) is 13.1 Å². The van der Waals surface area contributed by atoms with E-state index in [2.05, 4.69) is 20.7 Å². The summed E-state index contributed by atoms with van der Waals surface area (Å²) in [6.45, 7) is 4.56. The van der Waals surface area contributed by atoms with Gasteiger partial charge in [-0.3, -0.25) is 14.3 Å². The summed E-state index contributed by atoms with van der Waals surface area (Å²) in [4.78, 5) is 31.6. The number of rotatable bonds is 6. The topological polar surface area (TPSA) is 136 Å². The maximum Gasteiger partial charge on any atom is 0.298 e. The lowest BCUT2D eigenvalue weighted by molar-refractivity contribution is 0.0428. The van der Waals surface area contributed by atoms with Gasteiger partial charge in [-0.2, -0.15) is 19.1 Å². The van der Waals surface area contributed by atoms with E-state index in [4.69, 9.17) is 5.26 Å². The number of nitriles is 1. The van der Waals surface area contributed by atoms with E-state index in [9.17, 15) is 14.7 Å². The number of phenolic OH excluding ortho intramolecular Hbond substituents is 1. The van der Waals surface area contributed by atoms with Crippen molar-refractivity contribution in [2.45, 2.75) is 26.3 Å². The number of fused-ring (bicyclic) bond motifs is 1. The zero-order valence-electron chi connectivity index (χ0n) is 22.5. The Morgan fingerprint density at radius 3 is 2.49 bits per heavy atom. The van der Waals surface area contributed by atoms with E-state index in [1.165, 1.54) is 76.6 Å². The molecule has 1 aliphatic heterocycles. The Bertz CT molecular complexity index is 1630. The van der Waals surface area contributed by atoms with Gasteiger partial charge in [0.1, 0.15) is 23.3 Å². The normalized spacial score (nSPS) is 12.5. The smallest absolute Gasteiger partial charge is 0.298 e. The van der Waals surface area contributed by atoms with Crippen molar-refractivity contribution in [3.05, 3.63) is 94.9 Å². The fourth-order valence-corrected chi connectivity index (χ4v) is 4.28. The number of benzene rings is 2. The molecule has 12 heteroatoms. The number of pyridine rings is 1. The van der Waals surface area contributed by atoms with Crippen LogP contribution in [0.2, 0.25) is 0 Å². The molecule has 0 radical (unpaired) electrons. The third-order valence-electron chi connectivity index (χ3n) is 6.37. The molecule has 2 aromatic carbocycles. The molecule has 2 aromatic heterocycles. The molecule has 0 atom stereocenters. The van der Waals surface area contributed by atoms with E-state index in [-0.39, 0.29) is 45.9 Å². The van der Waals surface area contributed by atoms with E-state index < -0.39 is 17.7 Å². The van der Waals surface area contributed by atoms with Crippen molar-refractivity contribution in [3.8, 4) is 11.8 Å². The summed E-state index contributed by atoms with van der Waals surface area (Å²) in [6, 6.07) is 13.6. The number of carbonyl (C=O) groups excluding carboxylic acids is 2. The number of amides is 2. The highest BCUT2D eigenvalue weighted by Crippen LogP contribution is 2.37. The summed E-state index contributed by atoms with van der Waals surface area (Å²) >= 11 is 0. The number of aromatic hydroxyl groups is 1. The molecule has 1 aliphatic rings. The van der Waals surface area contributed by atoms with Crippen LogP contribution in [-0.2, 0) is 12.5 Å². The number of anilines is 3. The predicted molar refractivity (Wildman–Crippen MR) is 149 cm³/mol. The number of hydrogen-bond acceptors (Lipinski definition) is 7. The molecular weight excluding hydrogens is 532 g/mol. The molecule has 0 saturated heterocycles. The lowest BCUT2D eigenvalue weighted by Gasteiger charge is -2.28. The molecule has 3 heterocycles. The third-order valence-corrected chi connectivity index (χ3v) is 6.37. The molecule has 0 unspecified atom stereocenters. The predicted octanol–water partition coefficient (Wildman–Crippen LogP) is 4.98. The number of alkyl halides is 2. The molecule has 0 saturated carbocycles. The maximum atomic E-state index is 15.2. The first kappa shape index (κ1) is 28.7. The zero-order chi connectivity index (χ0) is 29.7. The summed E-state index contributed by atoms with van der Waals surface area (Å²) in [7, 11) is 1.59. The number of halogens is 2. The van der Waals surface area contributed by atoms with Crippen LogP contribution in [0.15, 0.2) is 67.0 Å². The second kappa shape index (κ2) is 11.8. The minimum Gasteiger partial charge on any atom is -0.507 e. The van der Waals surface area contributed by atoms with Crippen LogP contribution in [0.3, 0.4) is 0 Å². The van der Waals surface area contributed by atoms with Crippen molar-refractivity contribution in [1.82, 2.24) is 14.8 Å². The molecule has 5 rings (SSSR count). The Labute approximate surface area is 234 Å². The molecule has 0 fully saturated rings. The van der Waals surface area contributed by atoms with Crippen LogP contribution in [0.4, 0.5) is 26.0 Å². The van der Waals surface area contributed by atoms with E-state index in [0.29, 0.717) is 18.1 Å². The average molecular weight is 560 g/mol. The lowest BCUT2D eigenvalue weighted by Crippen LogP contribution is -2.41. The van der Waals surface area contributed by atoms with Gasteiger partial charge in [0.2, 0.25) is 0 Å². The summed E-state index contributed by atoms with van der Waals surface area (Å²) in [6.07, 6.45) is 2.65. The number of phenols is 1. The molecular formula is C29H27F2N7O3. The fraction of sp³-hybridized carbons (Fsp3) is 0.207. The van der Waals surface area contributed by atoms with Crippen molar-refractivity contribution in [3.63, 3.8) is 0 Å². The second-order valence-corrected chi connectivity index (χ2v) is 8.69. The van der Waals surface area contributed by atoms with Crippen LogP contribution in [-0.4, -0.2) is 45.3 Å². The van der Waals surface area contributed by atoms with Crippen LogP contribution in [0.25, 0.3) is 0 Å². The third kappa shape index (κ3) is 5.56. The minimum atomic E-state index is -3.28. The quantitative estimate of drug-likeness (QED) is 0.303. The van der Waals surface area contributed by atoms with Crippen LogP contribution >= 0.6 is 0 Å².